The standard InChI is InChI=1S/C13H20N2O2/c1-10(14)7-8-15-13(16)9-11-3-5-12(17-2)6-4-11/h3-6,10H,7-9,14H2,1-2H3,(H,15,16). The van der Waals surface area contributed by atoms with Gasteiger partial charge in [0.15, 0.2) is 0 Å². The van der Waals surface area contributed by atoms with Crippen LogP contribution in [0.4, 0.5) is 0 Å². The van der Waals surface area contributed by atoms with E-state index in [1.54, 1.807) is 7.11 Å². The molecule has 0 spiro atoms. The van der Waals surface area contributed by atoms with Gasteiger partial charge in [-0.05, 0) is 31.0 Å². The maximum atomic E-state index is 11.6. The van der Waals surface area contributed by atoms with Crippen molar-refractivity contribution in [2.24, 2.45) is 5.73 Å². The van der Waals surface area contributed by atoms with Crippen molar-refractivity contribution in [3.8, 4) is 5.75 Å². The molecule has 0 saturated heterocycles. The average Bonchev–Trinajstić information content (AvgIpc) is 2.29. The third-order valence-corrected chi connectivity index (χ3v) is 2.45. The fourth-order valence-electron chi connectivity index (χ4n) is 1.43. The number of rotatable bonds is 6. The van der Waals surface area contributed by atoms with E-state index in [1.807, 2.05) is 31.2 Å². The fraction of sp³-hybridized carbons (Fsp3) is 0.462. The number of nitrogens with two attached hydrogens (primary N) is 1. The lowest BCUT2D eigenvalue weighted by atomic mass is 10.1. The summed E-state index contributed by atoms with van der Waals surface area (Å²) < 4.78 is 5.05. The molecule has 1 amide bonds. The van der Waals surface area contributed by atoms with Gasteiger partial charge in [-0.15, -0.1) is 0 Å². The second-order valence-electron chi connectivity index (χ2n) is 4.14. The summed E-state index contributed by atoms with van der Waals surface area (Å²) in [5.74, 6) is 0.821. The van der Waals surface area contributed by atoms with Crippen LogP contribution in [0.3, 0.4) is 0 Å². The number of benzene rings is 1. The van der Waals surface area contributed by atoms with Gasteiger partial charge < -0.3 is 15.8 Å². The molecule has 0 aliphatic carbocycles. The van der Waals surface area contributed by atoms with Crippen molar-refractivity contribution in [1.29, 1.82) is 0 Å². The van der Waals surface area contributed by atoms with Crippen LogP contribution in [0.5, 0.6) is 5.75 Å². The first-order valence-corrected chi connectivity index (χ1v) is 5.77. The number of nitrogens with one attached hydrogen (secondary N) is 1. The molecule has 0 bridgehead atoms. The number of hydrogen-bond acceptors (Lipinski definition) is 3. The molecule has 17 heavy (non-hydrogen) atoms. The normalized spacial score (nSPS) is 11.9. The summed E-state index contributed by atoms with van der Waals surface area (Å²) in [6.45, 7) is 2.56. The third kappa shape index (κ3) is 5.36. The molecule has 0 aliphatic heterocycles. The summed E-state index contributed by atoms with van der Waals surface area (Å²) in [5.41, 5.74) is 6.57. The van der Waals surface area contributed by atoms with Crippen LogP contribution in [-0.2, 0) is 11.2 Å². The highest BCUT2D eigenvalue weighted by molar-refractivity contribution is 5.78. The predicted molar refractivity (Wildman–Crippen MR) is 68.0 cm³/mol. The predicted octanol–water partition coefficient (Wildman–Crippen LogP) is 1.09. The SMILES string of the molecule is COc1ccc(CC(=O)NCCC(C)N)cc1. The van der Waals surface area contributed by atoms with Gasteiger partial charge in [0.1, 0.15) is 5.75 Å². The Kier molecular flexibility index (Phi) is 5.49. The largest absolute Gasteiger partial charge is 0.497 e. The molecule has 4 heteroatoms. The van der Waals surface area contributed by atoms with E-state index in [-0.39, 0.29) is 11.9 Å². The van der Waals surface area contributed by atoms with Crippen molar-refractivity contribution >= 4 is 5.91 Å². The van der Waals surface area contributed by atoms with Gasteiger partial charge in [-0.3, -0.25) is 4.79 Å². The molecule has 1 aromatic rings. The van der Waals surface area contributed by atoms with Gasteiger partial charge in [0.05, 0.1) is 13.5 Å². The highest BCUT2D eigenvalue weighted by Crippen LogP contribution is 2.11. The summed E-state index contributed by atoms with van der Waals surface area (Å²) in [6, 6.07) is 7.61. The minimum absolute atomic E-state index is 0.0239. The number of carbonyl (C=O) groups excluding carboxylic acids is 1. The van der Waals surface area contributed by atoms with Gasteiger partial charge in [-0.25, -0.2) is 0 Å². The molecule has 1 rings (SSSR count). The summed E-state index contributed by atoms with van der Waals surface area (Å²) in [6.07, 6.45) is 1.19. The van der Waals surface area contributed by atoms with Crippen molar-refractivity contribution in [2.45, 2.75) is 25.8 Å². The van der Waals surface area contributed by atoms with E-state index in [2.05, 4.69) is 5.32 Å². The Morgan fingerprint density at radius 3 is 2.59 bits per heavy atom. The molecular formula is C13H20N2O2. The van der Waals surface area contributed by atoms with Gasteiger partial charge in [0.2, 0.25) is 5.91 Å². The van der Waals surface area contributed by atoms with Crippen LogP contribution in [-0.4, -0.2) is 25.6 Å². The highest BCUT2D eigenvalue weighted by Gasteiger charge is 2.03. The van der Waals surface area contributed by atoms with E-state index in [1.165, 1.54) is 0 Å². The monoisotopic (exact) mass is 236 g/mol. The van der Waals surface area contributed by atoms with E-state index in [4.69, 9.17) is 10.5 Å². The first-order chi connectivity index (χ1) is 8.11. The molecule has 3 N–H and O–H groups in total. The third-order valence-electron chi connectivity index (χ3n) is 2.45. The zero-order valence-corrected chi connectivity index (χ0v) is 10.4. The number of ether oxygens (including phenoxy) is 1. The van der Waals surface area contributed by atoms with Crippen LogP contribution in [0.1, 0.15) is 18.9 Å². The minimum atomic E-state index is 0.0239. The van der Waals surface area contributed by atoms with Crippen LogP contribution in [0.2, 0.25) is 0 Å². The minimum Gasteiger partial charge on any atom is -0.497 e. The Morgan fingerprint density at radius 2 is 2.06 bits per heavy atom. The molecule has 94 valence electrons. The molecule has 1 unspecified atom stereocenters. The summed E-state index contributed by atoms with van der Waals surface area (Å²) >= 11 is 0. The molecule has 0 heterocycles. The number of amides is 1. The summed E-state index contributed by atoms with van der Waals surface area (Å²) in [4.78, 5) is 11.6. The lowest BCUT2D eigenvalue weighted by Gasteiger charge is -2.07. The van der Waals surface area contributed by atoms with Crippen molar-refractivity contribution in [3.63, 3.8) is 0 Å². The zero-order chi connectivity index (χ0) is 12.7. The summed E-state index contributed by atoms with van der Waals surface area (Å²) in [7, 11) is 1.62. The second kappa shape index (κ2) is 6.91. The van der Waals surface area contributed by atoms with Gasteiger partial charge in [-0.2, -0.15) is 0 Å². The van der Waals surface area contributed by atoms with Crippen molar-refractivity contribution < 1.29 is 9.53 Å². The Morgan fingerprint density at radius 1 is 1.41 bits per heavy atom. The fourth-order valence-corrected chi connectivity index (χ4v) is 1.43. The highest BCUT2D eigenvalue weighted by atomic mass is 16.5. The van der Waals surface area contributed by atoms with Crippen LogP contribution in [0.25, 0.3) is 0 Å². The lowest BCUT2D eigenvalue weighted by molar-refractivity contribution is -0.120. The first-order valence-electron chi connectivity index (χ1n) is 5.77. The van der Waals surface area contributed by atoms with Crippen molar-refractivity contribution in [2.75, 3.05) is 13.7 Å². The van der Waals surface area contributed by atoms with E-state index in [0.717, 1.165) is 17.7 Å². The van der Waals surface area contributed by atoms with Crippen LogP contribution in [0, 0.1) is 0 Å². The molecule has 0 aromatic heterocycles. The number of carbonyl (C=O) groups is 1. The van der Waals surface area contributed by atoms with E-state index < -0.39 is 0 Å². The van der Waals surface area contributed by atoms with E-state index in [9.17, 15) is 4.79 Å². The topological polar surface area (TPSA) is 64.3 Å². The van der Waals surface area contributed by atoms with E-state index in [0.29, 0.717) is 13.0 Å². The van der Waals surface area contributed by atoms with Gasteiger partial charge in [0, 0.05) is 12.6 Å². The Hall–Kier alpha value is -1.55. The first kappa shape index (κ1) is 13.5. The molecule has 0 radical (unpaired) electrons. The van der Waals surface area contributed by atoms with Crippen LogP contribution in [0.15, 0.2) is 24.3 Å². The second-order valence-corrected chi connectivity index (χ2v) is 4.14. The van der Waals surface area contributed by atoms with Gasteiger partial charge in [-0.1, -0.05) is 12.1 Å². The van der Waals surface area contributed by atoms with Gasteiger partial charge >= 0.3 is 0 Å². The molecule has 0 fully saturated rings. The zero-order valence-electron chi connectivity index (χ0n) is 10.4. The molecule has 1 atom stereocenters. The smallest absolute Gasteiger partial charge is 0.224 e. The van der Waals surface area contributed by atoms with Gasteiger partial charge in [0.25, 0.3) is 0 Å². The maximum Gasteiger partial charge on any atom is 0.224 e. The van der Waals surface area contributed by atoms with Crippen molar-refractivity contribution in [1.82, 2.24) is 5.32 Å². The van der Waals surface area contributed by atoms with E-state index >= 15 is 0 Å². The molecule has 1 aromatic carbocycles. The number of methoxy groups -OCH3 is 1. The number of hydrogen-bond donors (Lipinski definition) is 2. The molecule has 0 aliphatic rings. The van der Waals surface area contributed by atoms with Crippen molar-refractivity contribution in [3.05, 3.63) is 29.8 Å². The van der Waals surface area contributed by atoms with Crippen LogP contribution >= 0.6 is 0 Å². The molecular weight excluding hydrogens is 216 g/mol. The quantitative estimate of drug-likeness (QED) is 0.777. The van der Waals surface area contributed by atoms with Crippen LogP contribution < -0.4 is 15.8 Å². The summed E-state index contributed by atoms with van der Waals surface area (Å²) in [5, 5.41) is 2.84. The molecule has 0 saturated carbocycles. The Balaban J connectivity index is 2.34. The lowest BCUT2D eigenvalue weighted by Crippen LogP contribution is -2.29. The molecule has 4 nitrogen and oxygen atoms in total. The average molecular weight is 236 g/mol. The Labute approximate surface area is 102 Å². The Bertz CT molecular complexity index is 347. The maximum absolute atomic E-state index is 11.6.